The van der Waals surface area contributed by atoms with Crippen molar-refractivity contribution in [3.8, 4) is 5.75 Å². The number of carbonyl (C=O) groups is 2. The van der Waals surface area contributed by atoms with E-state index in [9.17, 15) is 22.8 Å². The van der Waals surface area contributed by atoms with Gasteiger partial charge < -0.3 is 4.74 Å². The van der Waals surface area contributed by atoms with Crippen LogP contribution in [0.5, 0.6) is 5.75 Å². The highest BCUT2D eigenvalue weighted by atomic mass is 19.4. The third-order valence-corrected chi connectivity index (χ3v) is 2.81. The van der Waals surface area contributed by atoms with Crippen LogP contribution in [0.25, 0.3) is 0 Å². The fraction of sp³-hybridized carbons (Fsp3) is 0.583. The molecule has 0 aromatic carbocycles. The predicted octanol–water partition coefficient (Wildman–Crippen LogP) is 2.56. The Bertz CT molecular complexity index is 559. The largest absolute Gasteiger partial charge is 0.479 e. The van der Waals surface area contributed by atoms with E-state index in [2.05, 4.69) is 9.84 Å². The Morgan fingerprint density at radius 3 is 2.30 bits per heavy atom. The summed E-state index contributed by atoms with van der Waals surface area (Å²) >= 11 is 0. The average molecular weight is 290 g/mol. The van der Waals surface area contributed by atoms with Gasteiger partial charge in [0.05, 0.1) is 6.04 Å². The molecule has 110 valence electrons. The molecule has 8 heteroatoms. The van der Waals surface area contributed by atoms with Crippen molar-refractivity contribution in [2.45, 2.75) is 38.9 Å². The second-order valence-corrected chi connectivity index (χ2v) is 4.72. The van der Waals surface area contributed by atoms with E-state index in [4.69, 9.17) is 0 Å². The highest BCUT2D eigenvalue weighted by Crippen LogP contribution is 2.39. The van der Waals surface area contributed by atoms with Gasteiger partial charge in [-0.05, 0) is 12.8 Å². The zero-order chi connectivity index (χ0) is 15.1. The summed E-state index contributed by atoms with van der Waals surface area (Å²) in [6.07, 6.45) is -3.00. The molecule has 1 aromatic heterocycles. The van der Waals surface area contributed by atoms with Crippen LogP contribution in [-0.2, 0) is 0 Å². The summed E-state index contributed by atoms with van der Waals surface area (Å²) in [5.41, 5.74) is -0.298. The number of Topliss-reactive ketones (excluding diaryl/α,β-unsaturated/α-hetero) is 2. The van der Waals surface area contributed by atoms with Gasteiger partial charge in [0.2, 0.25) is 0 Å². The molecule has 1 aromatic rings. The van der Waals surface area contributed by atoms with Crippen LogP contribution in [0, 0.1) is 0 Å². The number of hydrogen-bond donors (Lipinski definition) is 0. The molecule has 1 heterocycles. The van der Waals surface area contributed by atoms with Gasteiger partial charge in [0.15, 0.2) is 29.6 Å². The van der Waals surface area contributed by atoms with Crippen LogP contribution in [0.15, 0.2) is 0 Å². The second-order valence-electron chi connectivity index (χ2n) is 4.72. The molecule has 0 aliphatic heterocycles. The Labute approximate surface area is 112 Å². The van der Waals surface area contributed by atoms with Gasteiger partial charge in [-0.3, -0.25) is 14.3 Å². The molecule has 1 aliphatic carbocycles. The number of ketones is 2. The van der Waals surface area contributed by atoms with E-state index in [1.165, 1.54) is 18.5 Å². The first-order valence-electron chi connectivity index (χ1n) is 6.04. The fourth-order valence-corrected chi connectivity index (χ4v) is 1.84. The van der Waals surface area contributed by atoms with Crippen LogP contribution in [0.4, 0.5) is 13.2 Å². The number of carbonyl (C=O) groups excluding carboxylic acids is 2. The smallest absolute Gasteiger partial charge is 0.422 e. The number of ether oxygens (including phenoxy) is 1. The minimum absolute atomic E-state index is 0.0461. The quantitative estimate of drug-likeness (QED) is 0.782. The molecule has 0 spiro atoms. The van der Waals surface area contributed by atoms with Crippen LogP contribution < -0.4 is 4.74 Å². The molecule has 1 saturated carbocycles. The summed E-state index contributed by atoms with van der Waals surface area (Å²) < 4.78 is 42.8. The van der Waals surface area contributed by atoms with Gasteiger partial charge in [-0.1, -0.05) is 0 Å². The van der Waals surface area contributed by atoms with Crippen LogP contribution in [0.3, 0.4) is 0 Å². The summed E-state index contributed by atoms with van der Waals surface area (Å²) in [4.78, 5) is 23.1. The number of alkyl halides is 3. The molecule has 0 atom stereocenters. The van der Waals surface area contributed by atoms with Crippen LogP contribution in [-0.4, -0.2) is 34.1 Å². The zero-order valence-electron chi connectivity index (χ0n) is 11.0. The lowest BCUT2D eigenvalue weighted by atomic mass is 10.2. The number of hydrogen-bond acceptors (Lipinski definition) is 4. The molecule has 0 bridgehead atoms. The number of halogens is 3. The van der Waals surface area contributed by atoms with Crippen molar-refractivity contribution in [1.82, 2.24) is 9.78 Å². The standard InChI is InChI=1S/C12H13F3N2O3/c1-6(18)9-11(20-5-12(13,14)15)10(7(2)19)17(16-9)8-3-4-8/h8H,3-5H2,1-2H3. The fourth-order valence-electron chi connectivity index (χ4n) is 1.84. The molecule has 0 N–H and O–H groups in total. The van der Waals surface area contributed by atoms with Crippen LogP contribution in [0.2, 0.25) is 0 Å². The zero-order valence-corrected chi connectivity index (χ0v) is 11.0. The van der Waals surface area contributed by atoms with Crippen LogP contribution in [0.1, 0.15) is 53.7 Å². The maximum atomic E-state index is 12.3. The maximum absolute atomic E-state index is 12.3. The van der Waals surface area contributed by atoms with Crippen molar-refractivity contribution in [3.05, 3.63) is 11.4 Å². The van der Waals surface area contributed by atoms with Gasteiger partial charge >= 0.3 is 6.18 Å². The first-order chi connectivity index (χ1) is 9.20. The lowest BCUT2D eigenvalue weighted by Crippen LogP contribution is -2.20. The number of aromatic nitrogens is 2. The van der Waals surface area contributed by atoms with Crippen molar-refractivity contribution < 1.29 is 27.5 Å². The van der Waals surface area contributed by atoms with E-state index >= 15 is 0 Å². The van der Waals surface area contributed by atoms with Gasteiger partial charge in [0, 0.05) is 13.8 Å². The second kappa shape index (κ2) is 4.92. The van der Waals surface area contributed by atoms with E-state index < -0.39 is 24.3 Å². The highest BCUT2D eigenvalue weighted by molar-refractivity contribution is 6.02. The minimum Gasteiger partial charge on any atom is -0.479 e. The molecule has 2 rings (SSSR count). The van der Waals surface area contributed by atoms with E-state index in [1.807, 2.05) is 0 Å². The molecule has 20 heavy (non-hydrogen) atoms. The lowest BCUT2D eigenvalue weighted by Gasteiger charge is -2.10. The predicted molar refractivity (Wildman–Crippen MR) is 62.1 cm³/mol. The number of nitrogens with zero attached hydrogens (tertiary/aromatic N) is 2. The van der Waals surface area contributed by atoms with Gasteiger partial charge in [-0.25, -0.2) is 0 Å². The molecular formula is C12H13F3N2O3. The summed E-state index contributed by atoms with van der Waals surface area (Å²) in [5, 5.41) is 3.95. The Kier molecular flexibility index (Phi) is 3.58. The molecule has 0 saturated heterocycles. The molecule has 0 radical (unpaired) electrons. The molecule has 1 fully saturated rings. The Morgan fingerprint density at radius 2 is 1.90 bits per heavy atom. The van der Waals surface area contributed by atoms with Crippen molar-refractivity contribution in [3.63, 3.8) is 0 Å². The molecule has 0 amide bonds. The Morgan fingerprint density at radius 1 is 1.30 bits per heavy atom. The summed E-state index contributed by atoms with van der Waals surface area (Å²) in [7, 11) is 0. The SMILES string of the molecule is CC(=O)c1nn(C2CC2)c(C(C)=O)c1OCC(F)(F)F. The van der Waals surface area contributed by atoms with Crippen molar-refractivity contribution in [2.24, 2.45) is 0 Å². The van der Waals surface area contributed by atoms with Gasteiger partial charge in [-0.15, -0.1) is 0 Å². The van der Waals surface area contributed by atoms with Crippen molar-refractivity contribution >= 4 is 11.6 Å². The third-order valence-electron chi connectivity index (χ3n) is 2.81. The van der Waals surface area contributed by atoms with Crippen LogP contribution >= 0.6 is 0 Å². The van der Waals surface area contributed by atoms with Crippen molar-refractivity contribution in [1.29, 1.82) is 0 Å². The van der Waals surface area contributed by atoms with E-state index in [0.717, 1.165) is 12.8 Å². The summed E-state index contributed by atoms with van der Waals surface area (Å²) in [6.45, 7) is 0.814. The summed E-state index contributed by atoms with van der Waals surface area (Å²) in [5.74, 6) is -1.38. The van der Waals surface area contributed by atoms with E-state index in [0.29, 0.717) is 0 Å². The van der Waals surface area contributed by atoms with E-state index in [-0.39, 0.29) is 23.2 Å². The third kappa shape index (κ3) is 3.00. The van der Waals surface area contributed by atoms with E-state index in [1.54, 1.807) is 0 Å². The Hall–Kier alpha value is -1.86. The first-order valence-corrected chi connectivity index (χ1v) is 6.04. The highest BCUT2D eigenvalue weighted by Gasteiger charge is 2.36. The molecular weight excluding hydrogens is 277 g/mol. The summed E-state index contributed by atoms with van der Waals surface area (Å²) in [6, 6.07) is -0.0461. The lowest BCUT2D eigenvalue weighted by molar-refractivity contribution is -0.153. The van der Waals surface area contributed by atoms with Gasteiger partial charge in [-0.2, -0.15) is 18.3 Å². The van der Waals surface area contributed by atoms with Crippen molar-refractivity contribution in [2.75, 3.05) is 6.61 Å². The molecule has 1 aliphatic rings. The monoisotopic (exact) mass is 290 g/mol. The first kappa shape index (κ1) is 14.5. The maximum Gasteiger partial charge on any atom is 0.422 e. The number of rotatable bonds is 5. The minimum atomic E-state index is -4.55. The average Bonchev–Trinajstić information content (AvgIpc) is 3.05. The Balaban J connectivity index is 2.44. The van der Waals surface area contributed by atoms with Gasteiger partial charge in [0.25, 0.3) is 0 Å². The normalized spacial score (nSPS) is 15.2. The molecule has 5 nitrogen and oxygen atoms in total. The molecule has 0 unspecified atom stereocenters. The topological polar surface area (TPSA) is 61.2 Å². The van der Waals surface area contributed by atoms with Gasteiger partial charge in [0.1, 0.15) is 5.69 Å².